The molecular formula is C24H15ClN4O2S. The number of nitrogens with zero attached hydrogens (tertiary/aromatic N) is 3. The van der Waals surface area contributed by atoms with E-state index in [0.29, 0.717) is 20.9 Å². The van der Waals surface area contributed by atoms with Crippen molar-refractivity contribution in [2.75, 3.05) is 5.32 Å². The fourth-order valence-corrected chi connectivity index (χ4v) is 4.30. The molecule has 2 aromatic heterocycles. The molecule has 0 fully saturated rings. The standard InChI is InChI=1S/C24H15ClN4O2S/c25-19-8-4-5-9-20(19)28-22(30)18(15-26)24-29(17-6-2-1-3-7-17)23(31)21(32-24)14-16-10-12-27-13-11-16/h1-14H,(H,28,30)/b21-14+,24-18-. The number of para-hydroxylation sites is 2. The van der Waals surface area contributed by atoms with Gasteiger partial charge in [-0.2, -0.15) is 5.26 Å². The van der Waals surface area contributed by atoms with Gasteiger partial charge < -0.3 is 5.32 Å². The van der Waals surface area contributed by atoms with E-state index in [4.69, 9.17) is 11.6 Å². The molecule has 8 heteroatoms. The van der Waals surface area contributed by atoms with Crippen molar-refractivity contribution < 1.29 is 4.79 Å². The lowest BCUT2D eigenvalue weighted by Crippen LogP contribution is -2.32. The van der Waals surface area contributed by atoms with Crippen LogP contribution >= 0.6 is 22.9 Å². The van der Waals surface area contributed by atoms with Crippen LogP contribution in [0.3, 0.4) is 0 Å². The highest BCUT2D eigenvalue weighted by Gasteiger charge is 2.18. The van der Waals surface area contributed by atoms with Gasteiger partial charge in [0.15, 0.2) is 5.57 Å². The monoisotopic (exact) mass is 458 g/mol. The lowest BCUT2D eigenvalue weighted by molar-refractivity contribution is -0.111. The lowest BCUT2D eigenvalue weighted by atomic mass is 10.2. The van der Waals surface area contributed by atoms with E-state index in [1.165, 1.54) is 4.57 Å². The van der Waals surface area contributed by atoms with Crippen LogP contribution in [0, 0.1) is 11.3 Å². The third-order valence-corrected chi connectivity index (χ3v) is 5.94. The number of anilines is 1. The normalized spacial score (nSPS) is 12.2. The molecule has 4 rings (SSSR count). The van der Waals surface area contributed by atoms with Crippen LogP contribution in [0.15, 0.2) is 83.9 Å². The van der Waals surface area contributed by atoms with Gasteiger partial charge in [0.25, 0.3) is 11.5 Å². The molecule has 0 aliphatic rings. The Balaban J connectivity index is 1.96. The minimum Gasteiger partial charge on any atom is -0.320 e. The van der Waals surface area contributed by atoms with Gasteiger partial charge >= 0.3 is 0 Å². The summed E-state index contributed by atoms with van der Waals surface area (Å²) in [6.45, 7) is 0. The van der Waals surface area contributed by atoms with Gasteiger partial charge in [0, 0.05) is 12.4 Å². The molecule has 0 atom stereocenters. The van der Waals surface area contributed by atoms with Gasteiger partial charge in [-0.05, 0) is 48.0 Å². The highest BCUT2D eigenvalue weighted by atomic mass is 35.5. The average molecular weight is 459 g/mol. The number of amides is 1. The number of benzene rings is 2. The first kappa shape index (κ1) is 21.2. The number of carbonyl (C=O) groups excluding carboxylic acids is 1. The second kappa shape index (κ2) is 9.43. The highest BCUT2D eigenvalue weighted by Crippen LogP contribution is 2.21. The largest absolute Gasteiger partial charge is 0.320 e. The number of pyridine rings is 1. The third kappa shape index (κ3) is 4.37. The minimum absolute atomic E-state index is 0.190. The summed E-state index contributed by atoms with van der Waals surface area (Å²) >= 11 is 7.21. The van der Waals surface area contributed by atoms with Crippen molar-refractivity contribution in [2.45, 2.75) is 0 Å². The molecule has 32 heavy (non-hydrogen) atoms. The summed E-state index contributed by atoms with van der Waals surface area (Å²) < 4.78 is 1.99. The zero-order valence-corrected chi connectivity index (χ0v) is 18.1. The zero-order chi connectivity index (χ0) is 22.5. The van der Waals surface area contributed by atoms with E-state index in [9.17, 15) is 14.9 Å². The van der Waals surface area contributed by atoms with Crippen molar-refractivity contribution >= 4 is 46.2 Å². The second-order valence-electron chi connectivity index (χ2n) is 6.59. The number of carbonyl (C=O) groups is 1. The fraction of sp³-hybridized carbons (Fsp3) is 0. The molecule has 1 N–H and O–H groups in total. The number of hydrogen-bond donors (Lipinski definition) is 1. The van der Waals surface area contributed by atoms with Gasteiger partial charge in [-0.25, -0.2) is 0 Å². The van der Waals surface area contributed by atoms with Crippen LogP contribution in [-0.2, 0) is 4.79 Å². The molecule has 0 bridgehead atoms. The SMILES string of the molecule is N#C/C(C(=O)Nc1ccccc1Cl)=c1/s/c(=C/c2ccncc2)c(=O)n1-c1ccccc1. The van der Waals surface area contributed by atoms with E-state index >= 15 is 0 Å². The summed E-state index contributed by atoms with van der Waals surface area (Å²) in [5, 5.41) is 12.9. The molecular weight excluding hydrogens is 444 g/mol. The lowest BCUT2D eigenvalue weighted by Gasteiger charge is -2.07. The summed E-state index contributed by atoms with van der Waals surface area (Å²) in [7, 11) is 0. The molecule has 0 aliphatic heterocycles. The van der Waals surface area contributed by atoms with Crippen LogP contribution in [0.2, 0.25) is 5.02 Å². The van der Waals surface area contributed by atoms with Crippen LogP contribution in [0.4, 0.5) is 5.69 Å². The maximum Gasteiger partial charge on any atom is 0.273 e. The highest BCUT2D eigenvalue weighted by molar-refractivity contribution is 7.07. The molecule has 0 spiro atoms. The average Bonchev–Trinajstić information content (AvgIpc) is 3.12. The summed E-state index contributed by atoms with van der Waals surface area (Å²) in [5.74, 6) is -0.651. The zero-order valence-electron chi connectivity index (χ0n) is 16.5. The second-order valence-corrected chi connectivity index (χ2v) is 8.03. The van der Waals surface area contributed by atoms with Gasteiger partial charge in [-0.3, -0.25) is 19.1 Å². The topological polar surface area (TPSA) is 87.8 Å². The Kier molecular flexibility index (Phi) is 6.26. The molecule has 2 aromatic carbocycles. The van der Waals surface area contributed by atoms with Crippen molar-refractivity contribution in [3.05, 3.63) is 109 Å². The number of nitrogens with one attached hydrogen (secondary N) is 1. The number of nitriles is 1. The molecule has 0 saturated carbocycles. The van der Waals surface area contributed by atoms with Gasteiger partial charge in [0.05, 0.1) is 20.9 Å². The van der Waals surface area contributed by atoms with E-state index < -0.39 is 5.91 Å². The van der Waals surface area contributed by atoms with Crippen LogP contribution in [-0.4, -0.2) is 15.5 Å². The maximum absolute atomic E-state index is 13.3. The molecule has 4 aromatic rings. The molecule has 6 nitrogen and oxygen atoms in total. The van der Waals surface area contributed by atoms with Crippen LogP contribution in [0.1, 0.15) is 5.56 Å². The maximum atomic E-state index is 13.3. The smallest absolute Gasteiger partial charge is 0.273 e. The fourth-order valence-electron chi connectivity index (χ4n) is 3.02. The van der Waals surface area contributed by atoms with Crippen molar-refractivity contribution in [1.29, 1.82) is 5.26 Å². The number of rotatable bonds is 4. The Bertz CT molecular complexity index is 1500. The summed E-state index contributed by atoms with van der Waals surface area (Å²) in [4.78, 5) is 30.3. The van der Waals surface area contributed by atoms with E-state index in [2.05, 4.69) is 10.3 Å². The molecule has 2 heterocycles. The van der Waals surface area contributed by atoms with Gasteiger partial charge in [-0.15, -0.1) is 11.3 Å². The predicted molar refractivity (Wildman–Crippen MR) is 126 cm³/mol. The van der Waals surface area contributed by atoms with Gasteiger partial charge in [0.2, 0.25) is 0 Å². The summed E-state index contributed by atoms with van der Waals surface area (Å²) in [5.41, 5.74) is 1.19. The molecule has 0 radical (unpaired) electrons. The van der Waals surface area contributed by atoms with Crippen molar-refractivity contribution in [3.8, 4) is 11.8 Å². The van der Waals surface area contributed by atoms with Crippen molar-refractivity contribution in [2.24, 2.45) is 0 Å². The summed E-state index contributed by atoms with van der Waals surface area (Å²) in [6, 6.07) is 21.1. The van der Waals surface area contributed by atoms with Gasteiger partial charge in [-0.1, -0.05) is 41.9 Å². The van der Waals surface area contributed by atoms with E-state index in [1.807, 2.05) is 12.1 Å². The van der Waals surface area contributed by atoms with E-state index in [-0.39, 0.29) is 15.8 Å². The number of halogens is 1. The minimum atomic E-state index is -0.651. The quantitative estimate of drug-likeness (QED) is 0.509. The van der Waals surface area contributed by atoms with E-state index in [0.717, 1.165) is 16.9 Å². The molecule has 156 valence electrons. The van der Waals surface area contributed by atoms with Crippen LogP contribution in [0.25, 0.3) is 17.3 Å². The van der Waals surface area contributed by atoms with E-state index in [1.54, 1.807) is 79.1 Å². The Morgan fingerprint density at radius 3 is 2.44 bits per heavy atom. The molecule has 0 saturated heterocycles. The van der Waals surface area contributed by atoms with Crippen molar-refractivity contribution in [1.82, 2.24) is 9.55 Å². The van der Waals surface area contributed by atoms with Crippen LogP contribution in [0.5, 0.6) is 0 Å². The Morgan fingerprint density at radius 1 is 1.06 bits per heavy atom. The Labute approximate surface area is 192 Å². The Hall–Kier alpha value is -3.99. The summed E-state index contributed by atoms with van der Waals surface area (Å²) in [6.07, 6.45) is 4.96. The molecule has 0 aliphatic carbocycles. The number of aromatic nitrogens is 2. The first-order valence-electron chi connectivity index (χ1n) is 9.48. The first-order chi connectivity index (χ1) is 15.6. The third-order valence-electron chi connectivity index (χ3n) is 4.52. The molecule has 0 unspecified atom stereocenters. The van der Waals surface area contributed by atoms with Crippen LogP contribution < -0.4 is 20.1 Å². The van der Waals surface area contributed by atoms with Gasteiger partial charge in [0.1, 0.15) is 10.7 Å². The number of thiazole rings is 1. The number of hydrogen-bond acceptors (Lipinski definition) is 5. The predicted octanol–water partition coefficient (Wildman–Crippen LogP) is 3.09. The molecule has 1 amide bonds. The first-order valence-corrected chi connectivity index (χ1v) is 10.7. The Morgan fingerprint density at radius 2 is 1.75 bits per heavy atom. The van der Waals surface area contributed by atoms with Crippen molar-refractivity contribution in [3.63, 3.8) is 0 Å².